The second kappa shape index (κ2) is 13.5. The van der Waals surface area contributed by atoms with E-state index < -0.39 is 40.9 Å². The lowest BCUT2D eigenvalue weighted by atomic mass is 10.0. The first kappa shape index (κ1) is 29.7. The molecule has 0 spiro atoms. The molecule has 2 aromatic carbocycles. The molecule has 41 heavy (non-hydrogen) atoms. The summed E-state index contributed by atoms with van der Waals surface area (Å²) in [7, 11) is -2.65. The molecule has 0 aromatic heterocycles. The average Bonchev–Trinajstić information content (AvgIpc) is 3.74. The fourth-order valence-corrected chi connectivity index (χ4v) is 6.82. The number of hydroxylamine groups is 1. The maximum absolute atomic E-state index is 13.7. The van der Waals surface area contributed by atoms with Crippen LogP contribution in [0.1, 0.15) is 37.7 Å². The highest BCUT2D eigenvalue weighted by Crippen LogP contribution is 2.33. The van der Waals surface area contributed by atoms with Crippen molar-refractivity contribution in [2.45, 2.75) is 74.1 Å². The minimum atomic E-state index is -4.15. The van der Waals surface area contributed by atoms with E-state index in [1.807, 2.05) is 30.3 Å². The topological polar surface area (TPSA) is 133 Å². The number of carbonyl (C=O) groups excluding carboxylic acids is 1. The summed E-state index contributed by atoms with van der Waals surface area (Å²) >= 11 is 0. The van der Waals surface area contributed by atoms with Crippen molar-refractivity contribution >= 4 is 16.1 Å². The van der Waals surface area contributed by atoms with Crippen molar-refractivity contribution < 1.29 is 42.1 Å². The maximum Gasteiger partial charge on any atom is 0.407 e. The first-order valence-corrected chi connectivity index (χ1v) is 15.5. The summed E-state index contributed by atoms with van der Waals surface area (Å²) in [6.45, 7) is 0.386. The van der Waals surface area contributed by atoms with Crippen LogP contribution in [0.3, 0.4) is 0 Å². The number of nitrogens with zero attached hydrogens (tertiary/aromatic N) is 1. The van der Waals surface area contributed by atoms with Gasteiger partial charge in [0.15, 0.2) is 6.29 Å². The lowest BCUT2D eigenvalue weighted by Gasteiger charge is -2.31. The number of amides is 1. The van der Waals surface area contributed by atoms with Gasteiger partial charge >= 0.3 is 6.09 Å². The Bertz CT molecular complexity index is 1240. The number of sulfonamides is 1. The average molecular weight is 591 g/mol. The monoisotopic (exact) mass is 590 g/mol. The molecule has 2 aliphatic heterocycles. The van der Waals surface area contributed by atoms with E-state index in [1.165, 1.54) is 19.2 Å². The molecule has 1 saturated carbocycles. The van der Waals surface area contributed by atoms with E-state index in [9.17, 15) is 18.3 Å². The number of methoxy groups -OCH3 is 1. The zero-order chi connectivity index (χ0) is 28.8. The lowest BCUT2D eigenvalue weighted by molar-refractivity contribution is -0.145. The Hall–Kier alpha value is -2.74. The van der Waals surface area contributed by atoms with Gasteiger partial charge in [0, 0.05) is 0 Å². The second-order valence-corrected chi connectivity index (χ2v) is 12.5. The summed E-state index contributed by atoms with van der Waals surface area (Å²) in [5.74, 6) is 0.476. The molecule has 0 radical (unpaired) electrons. The van der Waals surface area contributed by atoms with Gasteiger partial charge in [0.05, 0.1) is 55.9 Å². The summed E-state index contributed by atoms with van der Waals surface area (Å²) in [6, 6.07) is 14.4. The Kier molecular flexibility index (Phi) is 9.79. The van der Waals surface area contributed by atoms with E-state index in [4.69, 9.17) is 23.8 Å². The highest BCUT2D eigenvalue weighted by atomic mass is 32.2. The largest absolute Gasteiger partial charge is 0.497 e. The van der Waals surface area contributed by atoms with Gasteiger partial charge in [0.2, 0.25) is 0 Å². The van der Waals surface area contributed by atoms with Crippen molar-refractivity contribution in [2.24, 2.45) is 5.92 Å². The van der Waals surface area contributed by atoms with Gasteiger partial charge in [0.1, 0.15) is 11.9 Å². The molecule has 2 saturated heterocycles. The molecule has 3 aliphatic rings. The van der Waals surface area contributed by atoms with Crippen LogP contribution in [0.4, 0.5) is 4.79 Å². The lowest BCUT2D eigenvalue weighted by Crippen LogP contribution is -2.51. The summed E-state index contributed by atoms with van der Waals surface area (Å²) in [4.78, 5) is 19.0. The molecule has 224 valence electrons. The van der Waals surface area contributed by atoms with Gasteiger partial charge in [-0.25, -0.2) is 13.2 Å². The van der Waals surface area contributed by atoms with Crippen LogP contribution >= 0.6 is 0 Å². The molecule has 1 aliphatic carbocycles. The molecule has 1 unspecified atom stereocenters. The first-order valence-electron chi connectivity index (χ1n) is 14.1. The Labute approximate surface area is 240 Å². The van der Waals surface area contributed by atoms with Crippen LogP contribution in [-0.4, -0.2) is 81.6 Å². The number of hydrogen-bond acceptors (Lipinski definition) is 9. The smallest absolute Gasteiger partial charge is 0.407 e. The van der Waals surface area contributed by atoms with Crippen LogP contribution < -0.4 is 10.1 Å². The molecule has 5 atom stereocenters. The number of ether oxygens (including phenoxy) is 4. The van der Waals surface area contributed by atoms with Gasteiger partial charge in [-0.2, -0.15) is 0 Å². The normalized spacial score (nSPS) is 24.2. The Morgan fingerprint density at radius 1 is 1.07 bits per heavy atom. The van der Waals surface area contributed by atoms with Crippen molar-refractivity contribution in [1.29, 1.82) is 0 Å². The van der Waals surface area contributed by atoms with Crippen LogP contribution in [0.5, 0.6) is 5.75 Å². The molecule has 2 aromatic rings. The third-order valence-electron chi connectivity index (χ3n) is 7.84. The molecule has 0 bridgehead atoms. The van der Waals surface area contributed by atoms with E-state index in [2.05, 4.69) is 5.32 Å². The number of fused-ring (bicyclic) bond motifs is 1. The van der Waals surface area contributed by atoms with Crippen molar-refractivity contribution in [3.05, 3.63) is 60.2 Å². The molecule has 2 heterocycles. The summed E-state index contributed by atoms with van der Waals surface area (Å²) in [5, 5.41) is 14.2. The van der Waals surface area contributed by atoms with Crippen molar-refractivity contribution in [1.82, 2.24) is 9.79 Å². The molecule has 1 amide bonds. The number of carbonyl (C=O) groups is 1. The van der Waals surface area contributed by atoms with Crippen molar-refractivity contribution in [3.8, 4) is 5.75 Å². The SMILES string of the molecule is COc1ccc(S(=O)(=O)N(C[C@H](O)C(Cc2ccccc2)NC(=O)O[C@H]2CO[C@H]3OCC[C@H]32)OC2CCCC2)cc1. The van der Waals surface area contributed by atoms with Gasteiger partial charge < -0.3 is 29.4 Å². The number of nitrogens with one attached hydrogen (secondary N) is 1. The van der Waals surface area contributed by atoms with Gasteiger partial charge in [-0.3, -0.25) is 4.84 Å². The Morgan fingerprint density at radius 2 is 1.80 bits per heavy atom. The quantitative estimate of drug-likeness (QED) is 0.358. The Balaban J connectivity index is 1.33. The van der Waals surface area contributed by atoms with E-state index in [-0.39, 0.29) is 36.2 Å². The van der Waals surface area contributed by atoms with Crippen molar-refractivity contribution in [3.63, 3.8) is 0 Å². The highest BCUT2D eigenvalue weighted by Gasteiger charge is 2.44. The summed E-state index contributed by atoms with van der Waals surface area (Å²) in [6.07, 6.45) is 1.13. The van der Waals surface area contributed by atoms with Gasteiger partial charge in [0.25, 0.3) is 10.0 Å². The van der Waals surface area contributed by atoms with E-state index >= 15 is 0 Å². The fraction of sp³-hybridized carbons (Fsp3) is 0.552. The zero-order valence-corrected chi connectivity index (χ0v) is 23.9. The number of hydrogen-bond donors (Lipinski definition) is 2. The van der Waals surface area contributed by atoms with Gasteiger partial charge in [-0.1, -0.05) is 47.6 Å². The number of alkyl carbamates (subject to hydrolysis) is 1. The summed E-state index contributed by atoms with van der Waals surface area (Å²) in [5.41, 5.74) is 0.853. The molecule has 2 N–H and O–H groups in total. The van der Waals surface area contributed by atoms with Gasteiger partial charge in [-0.05, 0) is 55.5 Å². The van der Waals surface area contributed by atoms with E-state index in [0.29, 0.717) is 12.4 Å². The number of benzene rings is 2. The predicted molar refractivity (Wildman–Crippen MR) is 147 cm³/mol. The minimum absolute atomic E-state index is 0.00467. The predicted octanol–water partition coefficient (Wildman–Crippen LogP) is 3.02. The first-order chi connectivity index (χ1) is 19.8. The fourth-order valence-electron chi connectivity index (χ4n) is 5.52. The van der Waals surface area contributed by atoms with Crippen LogP contribution in [0.2, 0.25) is 0 Å². The minimum Gasteiger partial charge on any atom is -0.497 e. The van der Waals surface area contributed by atoms with Crippen molar-refractivity contribution in [2.75, 3.05) is 26.9 Å². The number of aliphatic hydroxyl groups is 1. The molecular formula is C29H38N2O9S. The van der Waals surface area contributed by atoms with Crippen LogP contribution in [0.25, 0.3) is 0 Å². The highest BCUT2D eigenvalue weighted by molar-refractivity contribution is 7.89. The number of rotatable bonds is 12. The molecule has 5 rings (SSSR count). The van der Waals surface area contributed by atoms with Gasteiger partial charge in [-0.15, -0.1) is 0 Å². The van der Waals surface area contributed by atoms with Crippen LogP contribution in [-0.2, 0) is 35.5 Å². The third-order valence-corrected chi connectivity index (χ3v) is 9.48. The maximum atomic E-state index is 13.7. The molecule has 3 fully saturated rings. The van der Waals surface area contributed by atoms with Crippen LogP contribution in [0, 0.1) is 5.92 Å². The van der Waals surface area contributed by atoms with Crippen LogP contribution in [0.15, 0.2) is 59.5 Å². The molecular weight excluding hydrogens is 552 g/mol. The Morgan fingerprint density at radius 3 is 2.51 bits per heavy atom. The van der Waals surface area contributed by atoms with E-state index in [0.717, 1.165) is 42.1 Å². The molecule has 12 heteroatoms. The second-order valence-electron chi connectivity index (χ2n) is 10.7. The zero-order valence-electron chi connectivity index (χ0n) is 23.1. The third kappa shape index (κ3) is 7.37. The summed E-state index contributed by atoms with van der Waals surface area (Å²) < 4.78 is 50.2. The van der Waals surface area contributed by atoms with E-state index in [1.54, 1.807) is 12.1 Å². The molecule has 11 nitrogen and oxygen atoms in total. The number of aliphatic hydroxyl groups excluding tert-OH is 1. The standard InChI is InChI=1S/C29H38N2O9S/c1-36-21-11-13-23(14-12-21)41(34,35)31(40-22-9-5-6-10-22)18-26(32)25(17-20-7-3-2-4-8-20)30-29(33)39-27-19-38-28-24(27)15-16-37-28/h2-4,7-8,11-14,22,24-28,32H,5-6,9-10,15-19H2,1H3,(H,30,33)/t24-,25?,26-,27-,28+/m0/s1.